The highest BCUT2D eigenvalue weighted by molar-refractivity contribution is 6.30. The number of hydrogen-bond acceptors (Lipinski definition) is 4. The molecule has 0 radical (unpaired) electrons. The number of amides is 1. The molecule has 6 heteroatoms. The lowest BCUT2D eigenvalue weighted by Crippen LogP contribution is -2.30. The highest BCUT2D eigenvalue weighted by Gasteiger charge is 2.18. The number of carbonyl (C=O) groups excluding carboxylic acids is 1. The van der Waals surface area contributed by atoms with Gasteiger partial charge < -0.3 is 9.42 Å². The average molecular weight is 342 g/mol. The summed E-state index contributed by atoms with van der Waals surface area (Å²) in [4.78, 5) is 18.6. The Morgan fingerprint density at radius 3 is 2.67 bits per heavy atom. The van der Waals surface area contributed by atoms with Crippen molar-refractivity contribution in [3.63, 3.8) is 0 Å². The van der Waals surface area contributed by atoms with Crippen LogP contribution in [0.1, 0.15) is 23.2 Å². The molecule has 122 valence electrons. The zero-order valence-corrected chi connectivity index (χ0v) is 13.9. The van der Waals surface area contributed by atoms with Crippen LogP contribution in [0.25, 0.3) is 11.4 Å². The number of halogens is 1. The van der Waals surface area contributed by atoms with Crippen LogP contribution < -0.4 is 0 Å². The number of hydrogen-bond donors (Lipinski definition) is 0. The van der Waals surface area contributed by atoms with E-state index >= 15 is 0 Å². The molecule has 2 aromatic carbocycles. The number of nitrogens with zero attached hydrogens (tertiary/aromatic N) is 3. The van der Waals surface area contributed by atoms with Gasteiger partial charge in [0.1, 0.15) is 6.54 Å². The van der Waals surface area contributed by atoms with Crippen LogP contribution in [-0.2, 0) is 6.54 Å². The lowest BCUT2D eigenvalue weighted by Gasteiger charge is -2.18. The number of aromatic nitrogens is 2. The van der Waals surface area contributed by atoms with Crippen molar-refractivity contribution in [2.75, 3.05) is 6.54 Å². The van der Waals surface area contributed by atoms with E-state index in [1.165, 1.54) is 0 Å². The van der Waals surface area contributed by atoms with E-state index in [9.17, 15) is 4.79 Å². The highest BCUT2D eigenvalue weighted by Crippen LogP contribution is 2.17. The standard InChI is InChI=1S/C18H16ClN3O2/c1-2-22(18(23)14-9-6-10-15(19)11-14)12-16-20-17(21-24-16)13-7-4-3-5-8-13/h3-11H,2,12H2,1H3. The van der Waals surface area contributed by atoms with Crippen LogP contribution in [0, 0.1) is 0 Å². The molecule has 0 fully saturated rings. The largest absolute Gasteiger partial charge is 0.337 e. The SMILES string of the molecule is CCN(Cc1nc(-c2ccccc2)no1)C(=O)c1cccc(Cl)c1. The second kappa shape index (κ2) is 7.27. The summed E-state index contributed by atoms with van der Waals surface area (Å²) in [5.41, 5.74) is 1.41. The van der Waals surface area contributed by atoms with Crippen molar-refractivity contribution in [2.24, 2.45) is 0 Å². The fourth-order valence-electron chi connectivity index (χ4n) is 2.32. The fourth-order valence-corrected chi connectivity index (χ4v) is 2.51. The minimum Gasteiger partial charge on any atom is -0.337 e. The van der Waals surface area contributed by atoms with Crippen molar-refractivity contribution < 1.29 is 9.32 Å². The van der Waals surface area contributed by atoms with E-state index in [-0.39, 0.29) is 12.5 Å². The minimum absolute atomic E-state index is 0.125. The Labute approximate surface area is 144 Å². The summed E-state index contributed by atoms with van der Waals surface area (Å²) in [5, 5.41) is 4.50. The first-order chi connectivity index (χ1) is 11.7. The Hall–Kier alpha value is -2.66. The van der Waals surface area contributed by atoms with E-state index in [1.54, 1.807) is 29.2 Å². The smallest absolute Gasteiger partial charge is 0.254 e. The first kappa shape index (κ1) is 16.2. The molecule has 0 N–H and O–H groups in total. The highest BCUT2D eigenvalue weighted by atomic mass is 35.5. The Morgan fingerprint density at radius 2 is 1.96 bits per heavy atom. The zero-order valence-electron chi connectivity index (χ0n) is 13.1. The van der Waals surface area contributed by atoms with Gasteiger partial charge in [-0.1, -0.05) is 53.2 Å². The van der Waals surface area contributed by atoms with Crippen molar-refractivity contribution in [1.82, 2.24) is 15.0 Å². The minimum atomic E-state index is -0.125. The molecule has 0 unspecified atom stereocenters. The second-order valence-electron chi connectivity index (χ2n) is 5.21. The van der Waals surface area contributed by atoms with Crippen molar-refractivity contribution in [2.45, 2.75) is 13.5 Å². The van der Waals surface area contributed by atoms with Gasteiger partial charge in [0.15, 0.2) is 0 Å². The maximum Gasteiger partial charge on any atom is 0.254 e. The Balaban J connectivity index is 1.76. The maximum atomic E-state index is 12.6. The van der Waals surface area contributed by atoms with Gasteiger partial charge in [0.05, 0.1) is 0 Å². The van der Waals surface area contributed by atoms with Gasteiger partial charge in [0.25, 0.3) is 5.91 Å². The van der Waals surface area contributed by atoms with Gasteiger partial charge >= 0.3 is 0 Å². The van der Waals surface area contributed by atoms with Gasteiger partial charge in [-0.15, -0.1) is 0 Å². The molecule has 1 aromatic heterocycles. The summed E-state index contributed by atoms with van der Waals surface area (Å²) < 4.78 is 5.28. The first-order valence-electron chi connectivity index (χ1n) is 7.60. The van der Waals surface area contributed by atoms with E-state index in [4.69, 9.17) is 16.1 Å². The summed E-state index contributed by atoms with van der Waals surface area (Å²) in [5.74, 6) is 0.780. The van der Waals surface area contributed by atoms with Crippen molar-refractivity contribution in [3.05, 3.63) is 71.1 Å². The molecule has 0 aliphatic rings. The third-order valence-corrected chi connectivity index (χ3v) is 3.80. The van der Waals surface area contributed by atoms with Crippen LogP contribution in [0.5, 0.6) is 0 Å². The van der Waals surface area contributed by atoms with E-state index in [0.717, 1.165) is 5.56 Å². The van der Waals surface area contributed by atoms with Gasteiger partial charge in [-0.2, -0.15) is 4.98 Å². The summed E-state index contributed by atoms with van der Waals surface area (Å²) in [7, 11) is 0. The monoisotopic (exact) mass is 341 g/mol. The lowest BCUT2D eigenvalue weighted by molar-refractivity contribution is 0.0734. The van der Waals surface area contributed by atoms with Gasteiger partial charge in [-0.25, -0.2) is 0 Å². The molecule has 0 spiro atoms. The quantitative estimate of drug-likeness (QED) is 0.702. The first-order valence-corrected chi connectivity index (χ1v) is 7.98. The molecule has 0 saturated carbocycles. The third kappa shape index (κ3) is 3.63. The molecule has 3 aromatic rings. The average Bonchev–Trinajstić information content (AvgIpc) is 3.08. The lowest BCUT2D eigenvalue weighted by atomic mass is 10.2. The predicted molar refractivity (Wildman–Crippen MR) is 91.6 cm³/mol. The van der Waals surface area contributed by atoms with Gasteiger partial charge in [0, 0.05) is 22.7 Å². The molecule has 0 aliphatic carbocycles. The molecule has 0 atom stereocenters. The van der Waals surface area contributed by atoms with Crippen LogP contribution in [-0.4, -0.2) is 27.5 Å². The van der Waals surface area contributed by atoms with Crippen LogP contribution in [0.2, 0.25) is 5.02 Å². The molecule has 5 nitrogen and oxygen atoms in total. The summed E-state index contributed by atoms with van der Waals surface area (Å²) in [6.45, 7) is 2.67. The van der Waals surface area contributed by atoms with E-state index in [2.05, 4.69) is 10.1 Å². The Kier molecular flexibility index (Phi) is 4.91. The van der Waals surface area contributed by atoms with Crippen molar-refractivity contribution in [1.29, 1.82) is 0 Å². The predicted octanol–water partition coefficient (Wildman–Crippen LogP) is 4.05. The van der Waals surface area contributed by atoms with Crippen LogP contribution in [0.4, 0.5) is 0 Å². The van der Waals surface area contributed by atoms with Crippen molar-refractivity contribution in [3.8, 4) is 11.4 Å². The topological polar surface area (TPSA) is 59.2 Å². The normalized spacial score (nSPS) is 10.6. The van der Waals surface area contributed by atoms with Gasteiger partial charge in [-0.05, 0) is 25.1 Å². The summed E-state index contributed by atoms with van der Waals surface area (Å²) >= 11 is 5.96. The maximum absolute atomic E-state index is 12.6. The fraction of sp³-hybridized carbons (Fsp3) is 0.167. The summed E-state index contributed by atoms with van der Waals surface area (Å²) in [6, 6.07) is 16.4. The molecule has 3 rings (SSSR count). The molecule has 1 amide bonds. The third-order valence-electron chi connectivity index (χ3n) is 3.57. The Bertz CT molecular complexity index is 833. The summed E-state index contributed by atoms with van der Waals surface area (Å²) in [6.07, 6.45) is 0. The molecule has 24 heavy (non-hydrogen) atoms. The van der Waals surface area contributed by atoms with Gasteiger partial charge in [0.2, 0.25) is 11.7 Å². The molecule has 0 bridgehead atoms. The number of carbonyl (C=O) groups is 1. The molecule has 0 saturated heterocycles. The van der Waals surface area contributed by atoms with Crippen LogP contribution >= 0.6 is 11.6 Å². The van der Waals surface area contributed by atoms with Gasteiger partial charge in [-0.3, -0.25) is 4.79 Å². The zero-order chi connectivity index (χ0) is 16.9. The Morgan fingerprint density at radius 1 is 1.17 bits per heavy atom. The second-order valence-corrected chi connectivity index (χ2v) is 5.64. The molecule has 0 aliphatic heterocycles. The molecule has 1 heterocycles. The van der Waals surface area contributed by atoms with Crippen LogP contribution in [0.15, 0.2) is 59.1 Å². The van der Waals surface area contributed by atoms with E-state index in [0.29, 0.717) is 28.8 Å². The van der Waals surface area contributed by atoms with E-state index in [1.807, 2.05) is 37.3 Å². The molecular formula is C18H16ClN3O2. The van der Waals surface area contributed by atoms with Crippen LogP contribution in [0.3, 0.4) is 0 Å². The number of rotatable bonds is 5. The van der Waals surface area contributed by atoms with E-state index < -0.39 is 0 Å². The molecular weight excluding hydrogens is 326 g/mol. The number of benzene rings is 2. The van der Waals surface area contributed by atoms with Crippen molar-refractivity contribution >= 4 is 17.5 Å².